The van der Waals surface area contributed by atoms with Gasteiger partial charge in [0.15, 0.2) is 5.82 Å². The van der Waals surface area contributed by atoms with E-state index in [4.69, 9.17) is 9.97 Å². The van der Waals surface area contributed by atoms with E-state index in [1.165, 1.54) is 49.9 Å². The lowest BCUT2D eigenvalue weighted by Gasteiger charge is -2.23. The summed E-state index contributed by atoms with van der Waals surface area (Å²) in [4.78, 5) is 10.5. The van der Waals surface area contributed by atoms with Crippen molar-refractivity contribution in [2.24, 2.45) is 0 Å². The van der Waals surface area contributed by atoms with Gasteiger partial charge in [0, 0.05) is 22.1 Å². The first kappa shape index (κ1) is 32.7. The SMILES string of the molecule is CC1(C)c2cc(-c3ccccc3)ccc2-c2ccc(-c3ccc(-c4cc(-c5ccccc5-c5ccccc5)nc(-c5ccccc5)n4)c4ccccc34)cc21. The van der Waals surface area contributed by atoms with Crippen molar-refractivity contribution >= 4 is 10.8 Å². The fourth-order valence-electron chi connectivity index (χ4n) is 8.50. The molecular weight excluding hydrogens is 665 g/mol. The third-order valence-electron chi connectivity index (χ3n) is 11.3. The molecule has 0 radical (unpaired) electrons. The molecule has 10 rings (SSSR count). The standard InChI is InChI=1S/C53H38N2/c1-53(2)48-32-38(35-16-6-3-7-17-35)26-28-44(48)45-29-27-39(33-49(45)53)41-30-31-47(43-24-14-13-23-42(41)43)51-34-50(54-52(55-51)37-20-10-5-11-21-37)46-25-15-12-22-40(46)36-18-8-4-9-19-36/h3-34H,1-2H3. The summed E-state index contributed by atoms with van der Waals surface area (Å²) in [7, 11) is 0. The van der Waals surface area contributed by atoms with Gasteiger partial charge in [-0.25, -0.2) is 9.97 Å². The molecular formula is C53H38N2. The number of aromatic nitrogens is 2. The third-order valence-corrected chi connectivity index (χ3v) is 11.3. The summed E-state index contributed by atoms with van der Waals surface area (Å²) in [6.07, 6.45) is 0. The quantitative estimate of drug-likeness (QED) is 0.172. The van der Waals surface area contributed by atoms with Crippen LogP contribution in [0.4, 0.5) is 0 Å². The van der Waals surface area contributed by atoms with Gasteiger partial charge in [-0.05, 0) is 84.6 Å². The molecule has 2 nitrogen and oxygen atoms in total. The summed E-state index contributed by atoms with van der Waals surface area (Å²) in [6, 6.07) is 69.5. The molecule has 260 valence electrons. The maximum absolute atomic E-state index is 5.26. The van der Waals surface area contributed by atoms with Crippen LogP contribution in [0, 0.1) is 0 Å². The van der Waals surface area contributed by atoms with Crippen LogP contribution in [0.3, 0.4) is 0 Å². The van der Waals surface area contributed by atoms with Gasteiger partial charge in [-0.3, -0.25) is 0 Å². The lowest BCUT2D eigenvalue weighted by Crippen LogP contribution is -2.15. The largest absolute Gasteiger partial charge is 0.228 e. The topological polar surface area (TPSA) is 25.8 Å². The minimum Gasteiger partial charge on any atom is -0.228 e. The summed E-state index contributed by atoms with van der Waals surface area (Å²) in [6.45, 7) is 4.73. The molecule has 1 aromatic heterocycles. The smallest absolute Gasteiger partial charge is 0.160 e. The van der Waals surface area contributed by atoms with Crippen molar-refractivity contribution in [2.75, 3.05) is 0 Å². The first-order valence-electron chi connectivity index (χ1n) is 19.0. The number of hydrogen-bond acceptors (Lipinski definition) is 2. The molecule has 0 amide bonds. The van der Waals surface area contributed by atoms with Gasteiger partial charge in [-0.2, -0.15) is 0 Å². The Kier molecular flexibility index (Phi) is 7.85. The Balaban J connectivity index is 1.10. The van der Waals surface area contributed by atoms with Gasteiger partial charge >= 0.3 is 0 Å². The van der Waals surface area contributed by atoms with Crippen LogP contribution in [0.5, 0.6) is 0 Å². The van der Waals surface area contributed by atoms with E-state index in [0.29, 0.717) is 5.82 Å². The van der Waals surface area contributed by atoms with Crippen LogP contribution in [-0.4, -0.2) is 9.97 Å². The predicted molar refractivity (Wildman–Crippen MR) is 230 cm³/mol. The number of benzene rings is 8. The molecule has 55 heavy (non-hydrogen) atoms. The number of rotatable bonds is 6. The van der Waals surface area contributed by atoms with Crippen LogP contribution in [0.1, 0.15) is 25.0 Å². The lowest BCUT2D eigenvalue weighted by atomic mass is 9.80. The number of nitrogens with zero attached hydrogens (tertiary/aromatic N) is 2. The second kappa shape index (κ2) is 13.2. The van der Waals surface area contributed by atoms with Gasteiger partial charge in [0.25, 0.3) is 0 Å². The first-order chi connectivity index (χ1) is 27.0. The van der Waals surface area contributed by atoms with E-state index in [9.17, 15) is 0 Å². The molecule has 0 unspecified atom stereocenters. The lowest BCUT2D eigenvalue weighted by molar-refractivity contribution is 0.661. The molecule has 0 bridgehead atoms. The molecule has 0 N–H and O–H groups in total. The predicted octanol–water partition coefficient (Wildman–Crippen LogP) is 13.9. The summed E-state index contributed by atoms with van der Waals surface area (Å²) >= 11 is 0. The Morgan fingerprint density at radius 3 is 1.42 bits per heavy atom. The normalized spacial score (nSPS) is 12.7. The van der Waals surface area contributed by atoms with Gasteiger partial charge in [-0.1, -0.05) is 190 Å². The van der Waals surface area contributed by atoms with E-state index in [-0.39, 0.29) is 5.41 Å². The number of fused-ring (bicyclic) bond motifs is 4. The summed E-state index contributed by atoms with van der Waals surface area (Å²) < 4.78 is 0. The van der Waals surface area contributed by atoms with Crippen LogP contribution < -0.4 is 0 Å². The number of hydrogen-bond donors (Lipinski definition) is 0. The average molecular weight is 703 g/mol. The molecule has 0 aliphatic heterocycles. The van der Waals surface area contributed by atoms with Crippen molar-refractivity contribution in [3.8, 4) is 78.4 Å². The third kappa shape index (κ3) is 5.66. The maximum Gasteiger partial charge on any atom is 0.160 e. The van der Waals surface area contributed by atoms with Gasteiger partial charge in [-0.15, -0.1) is 0 Å². The highest BCUT2D eigenvalue weighted by Crippen LogP contribution is 2.51. The highest BCUT2D eigenvalue weighted by atomic mass is 14.9. The van der Waals surface area contributed by atoms with E-state index >= 15 is 0 Å². The fraction of sp³-hybridized carbons (Fsp3) is 0.0566. The maximum atomic E-state index is 5.26. The Hall–Kier alpha value is -6.90. The summed E-state index contributed by atoms with van der Waals surface area (Å²) in [5.74, 6) is 0.708. The zero-order valence-corrected chi connectivity index (χ0v) is 30.9. The van der Waals surface area contributed by atoms with E-state index in [1.807, 2.05) is 18.2 Å². The van der Waals surface area contributed by atoms with E-state index < -0.39 is 0 Å². The molecule has 0 fully saturated rings. The fourth-order valence-corrected chi connectivity index (χ4v) is 8.50. The highest BCUT2D eigenvalue weighted by molar-refractivity contribution is 6.05. The molecule has 0 saturated carbocycles. The van der Waals surface area contributed by atoms with Crippen molar-refractivity contribution in [3.63, 3.8) is 0 Å². The molecule has 1 aliphatic rings. The average Bonchev–Trinajstić information content (AvgIpc) is 3.48. The summed E-state index contributed by atoms with van der Waals surface area (Å²) in [5.41, 5.74) is 17.4. The van der Waals surface area contributed by atoms with Crippen molar-refractivity contribution in [1.29, 1.82) is 0 Å². The molecule has 0 atom stereocenters. The van der Waals surface area contributed by atoms with Crippen molar-refractivity contribution in [1.82, 2.24) is 9.97 Å². The molecule has 0 spiro atoms. The first-order valence-corrected chi connectivity index (χ1v) is 19.0. The van der Waals surface area contributed by atoms with Gasteiger partial charge in [0.2, 0.25) is 0 Å². The van der Waals surface area contributed by atoms with Gasteiger partial charge in [0.05, 0.1) is 11.4 Å². The van der Waals surface area contributed by atoms with Crippen molar-refractivity contribution < 1.29 is 0 Å². The molecule has 8 aromatic carbocycles. The second-order valence-corrected chi connectivity index (χ2v) is 15.0. The Labute approximate surface area is 322 Å². The molecule has 1 heterocycles. The minimum absolute atomic E-state index is 0.136. The zero-order valence-electron chi connectivity index (χ0n) is 30.9. The van der Waals surface area contributed by atoms with Crippen LogP contribution >= 0.6 is 0 Å². The van der Waals surface area contributed by atoms with Crippen LogP contribution in [0.25, 0.3) is 89.2 Å². The highest BCUT2D eigenvalue weighted by Gasteiger charge is 2.36. The molecule has 9 aromatic rings. The second-order valence-electron chi connectivity index (χ2n) is 15.0. The Morgan fingerprint density at radius 1 is 0.309 bits per heavy atom. The van der Waals surface area contributed by atoms with E-state index in [0.717, 1.165) is 44.6 Å². The van der Waals surface area contributed by atoms with Gasteiger partial charge < -0.3 is 0 Å². The monoisotopic (exact) mass is 702 g/mol. The van der Waals surface area contributed by atoms with E-state index in [2.05, 4.69) is 190 Å². The minimum atomic E-state index is -0.136. The Morgan fingerprint density at radius 2 is 0.764 bits per heavy atom. The van der Waals surface area contributed by atoms with Crippen LogP contribution in [0.15, 0.2) is 194 Å². The Bertz CT molecular complexity index is 2870. The van der Waals surface area contributed by atoms with Crippen LogP contribution in [-0.2, 0) is 5.41 Å². The molecule has 1 aliphatic carbocycles. The van der Waals surface area contributed by atoms with Crippen molar-refractivity contribution in [2.45, 2.75) is 19.3 Å². The van der Waals surface area contributed by atoms with Gasteiger partial charge in [0.1, 0.15) is 0 Å². The molecule has 0 saturated heterocycles. The zero-order chi connectivity index (χ0) is 36.9. The van der Waals surface area contributed by atoms with Crippen LogP contribution in [0.2, 0.25) is 0 Å². The summed E-state index contributed by atoms with van der Waals surface area (Å²) in [5, 5.41) is 2.36. The molecule has 2 heteroatoms. The van der Waals surface area contributed by atoms with Crippen molar-refractivity contribution in [3.05, 3.63) is 205 Å². The van der Waals surface area contributed by atoms with E-state index in [1.54, 1.807) is 0 Å².